The molecule has 21 heavy (non-hydrogen) atoms. The molecule has 0 aliphatic rings. The zero-order valence-corrected chi connectivity index (χ0v) is 12.7. The molecule has 0 amide bonds. The zero-order valence-electron chi connectivity index (χ0n) is 11.2. The normalized spacial score (nSPS) is 11.6. The molecule has 0 spiro atoms. The van der Waals surface area contributed by atoms with Gasteiger partial charge in [-0.25, -0.2) is 4.39 Å². The number of aromatic nitrogens is 2. The third-order valence-electron chi connectivity index (χ3n) is 2.69. The Balaban J connectivity index is 2.28. The molecule has 6 nitrogen and oxygen atoms in total. The van der Waals surface area contributed by atoms with E-state index in [9.17, 15) is 12.8 Å². The summed E-state index contributed by atoms with van der Waals surface area (Å²) in [6, 6.07) is 3.41. The van der Waals surface area contributed by atoms with Crippen molar-refractivity contribution in [1.29, 1.82) is 0 Å². The Morgan fingerprint density at radius 3 is 2.86 bits per heavy atom. The Hall–Kier alpha value is -1.64. The van der Waals surface area contributed by atoms with Crippen molar-refractivity contribution in [2.75, 3.05) is 11.3 Å². The monoisotopic (exact) mass is 332 g/mol. The highest BCUT2D eigenvalue weighted by Crippen LogP contribution is 2.25. The van der Waals surface area contributed by atoms with E-state index in [-0.39, 0.29) is 15.7 Å². The summed E-state index contributed by atoms with van der Waals surface area (Å²) in [5.74, 6) is -0.544. The van der Waals surface area contributed by atoms with Gasteiger partial charge in [0.05, 0.1) is 16.9 Å². The Morgan fingerprint density at radius 2 is 2.19 bits per heavy atom. The van der Waals surface area contributed by atoms with Crippen LogP contribution in [0.4, 0.5) is 10.1 Å². The molecule has 0 aliphatic carbocycles. The first kappa shape index (κ1) is 15.7. The lowest BCUT2D eigenvalue weighted by Crippen LogP contribution is -2.18. The number of hydrogen-bond acceptors (Lipinski definition) is 4. The molecular formula is C12H14ClFN4O2S. The van der Waals surface area contributed by atoms with Gasteiger partial charge in [0.1, 0.15) is 5.82 Å². The Kier molecular flexibility index (Phi) is 4.81. The van der Waals surface area contributed by atoms with Crippen LogP contribution in [0.15, 0.2) is 29.4 Å². The number of rotatable bonds is 6. The Morgan fingerprint density at radius 1 is 1.43 bits per heavy atom. The number of nitrogens with one attached hydrogen (secondary N) is 3. The second-order valence-electron chi connectivity index (χ2n) is 4.23. The van der Waals surface area contributed by atoms with Crippen molar-refractivity contribution in [1.82, 2.24) is 15.5 Å². The van der Waals surface area contributed by atoms with Crippen molar-refractivity contribution >= 4 is 27.3 Å². The second kappa shape index (κ2) is 6.42. The number of aromatic amines is 1. The zero-order chi connectivity index (χ0) is 15.5. The summed E-state index contributed by atoms with van der Waals surface area (Å²) in [5.41, 5.74) is 0.602. The average molecular weight is 333 g/mol. The van der Waals surface area contributed by atoms with Gasteiger partial charge in [-0.05, 0) is 24.7 Å². The third-order valence-corrected chi connectivity index (χ3v) is 4.38. The first-order valence-electron chi connectivity index (χ1n) is 6.15. The summed E-state index contributed by atoms with van der Waals surface area (Å²) in [5, 5.41) is 9.13. The average Bonchev–Trinajstić information content (AvgIpc) is 2.89. The summed E-state index contributed by atoms with van der Waals surface area (Å²) >= 11 is 5.82. The first-order valence-corrected chi connectivity index (χ1v) is 8.01. The number of anilines is 1. The first-order chi connectivity index (χ1) is 9.94. The third kappa shape index (κ3) is 3.72. The number of sulfonamides is 1. The van der Waals surface area contributed by atoms with E-state index in [1.165, 1.54) is 12.3 Å². The molecule has 9 heteroatoms. The molecule has 3 N–H and O–H groups in total. The molecule has 0 unspecified atom stereocenters. The number of halogens is 2. The van der Waals surface area contributed by atoms with Crippen LogP contribution in [0.5, 0.6) is 0 Å². The molecule has 0 saturated heterocycles. The smallest absolute Gasteiger partial charge is 0.279 e. The minimum atomic E-state index is -3.88. The van der Waals surface area contributed by atoms with Crippen LogP contribution >= 0.6 is 11.6 Å². The fraction of sp³-hybridized carbons (Fsp3) is 0.250. The van der Waals surface area contributed by atoms with Crippen molar-refractivity contribution in [3.05, 3.63) is 40.8 Å². The highest BCUT2D eigenvalue weighted by Gasteiger charge is 2.21. The molecule has 1 aromatic carbocycles. The van der Waals surface area contributed by atoms with Crippen molar-refractivity contribution in [3.8, 4) is 0 Å². The predicted molar refractivity (Wildman–Crippen MR) is 78.2 cm³/mol. The molecule has 0 saturated carbocycles. The molecule has 1 aromatic heterocycles. The van der Waals surface area contributed by atoms with E-state index < -0.39 is 15.8 Å². The molecule has 2 rings (SSSR count). The summed E-state index contributed by atoms with van der Waals surface area (Å²) in [6.45, 7) is 2.97. The van der Waals surface area contributed by atoms with Crippen LogP contribution in [0.25, 0.3) is 0 Å². The van der Waals surface area contributed by atoms with E-state index in [2.05, 4.69) is 20.2 Å². The molecule has 0 bridgehead atoms. The Bertz CT molecular complexity index is 733. The van der Waals surface area contributed by atoms with Gasteiger partial charge in [0.2, 0.25) is 0 Å². The lowest BCUT2D eigenvalue weighted by molar-refractivity contribution is 0.594. The molecule has 0 fully saturated rings. The van der Waals surface area contributed by atoms with E-state index >= 15 is 0 Å². The number of benzene rings is 1. The maximum absolute atomic E-state index is 13.0. The van der Waals surface area contributed by atoms with Gasteiger partial charge in [-0.2, -0.15) is 13.5 Å². The summed E-state index contributed by atoms with van der Waals surface area (Å²) in [6.07, 6.45) is 1.43. The SMILES string of the molecule is CCNCc1cn[nH]c1S(=O)(=O)Nc1ccc(F)cc1Cl. The lowest BCUT2D eigenvalue weighted by atomic mass is 10.3. The highest BCUT2D eigenvalue weighted by molar-refractivity contribution is 7.92. The van der Waals surface area contributed by atoms with Crippen LogP contribution in [0, 0.1) is 5.82 Å². The van der Waals surface area contributed by atoms with Gasteiger partial charge in [-0.1, -0.05) is 18.5 Å². The van der Waals surface area contributed by atoms with Gasteiger partial charge in [-0.3, -0.25) is 9.82 Å². The molecule has 0 radical (unpaired) electrons. The van der Waals surface area contributed by atoms with Crippen LogP contribution in [0.2, 0.25) is 5.02 Å². The fourth-order valence-electron chi connectivity index (χ4n) is 1.69. The molecule has 114 valence electrons. The lowest BCUT2D eigenvalue weighted by Gasteiger charge is -2.10. The largest absolute Gasteiger partial charge is 0.313 e. The van der Waals surface area contributed by atoms with Gasteiger partial charge in [-0.15, -0.1) is 0 Å². The van der Waals surface area contributed by atoms with Gasteiger partial charge in [0, 0.05) is 12.1 Å². The molecule has 0 aliphatic heterocycles. The molecule has 1 heterocycles. The minimum absolute atomic E-state index is 0.0219. The summed E-state index contributed by atoms with van der Waals surface area (Å²) in [7, 11) is -3.88. The number of H-pyrrole nitrogens is 1. The number of hydrogen-bond donors (Lipinski definition) is 3. The summed E-state index contributed by atoms with van der Waals surface area (Å²) in [4.78, 5) is 0. The molecular weight excluding hydrogens is 319 g/mol. The van der Waals surface area contributed by atoms with Gasteiger partial charge in [0.25, 0.3) is 10.0 Å². The maximum Gasteiger partial charge on any atom is 0.279 e. The second-order valence-corrected chi connectivity index (χ2v) is 6.26. The van der Waals surface area contributed by atoms with E-state index in [4.69, 9.17) is 11.6 Å². The van der Waals surface area contributed by atoms with Crippen LogP contribution in [-0.4, -0.2) is 25.2 Å². The van der Waals surface area contributed by atoms with E-state index in [1.807, 2.05) is 6.92 Å². The van der Waals surface area contributed by atoms with E-state index in [0.717, 1.165) is 12.1 Å². The minimum Gasteiger partial charge on any atom is -0.313 e. The Labute approximate surface area is 126 Å². The van der Waals surface area contributed by atoms with Crippen LogP contribution in [-0.2, 0) is 16.6 Å². The van der Waals surface area contributed by atoms with E-state index in [1.54, 1.807) is 0 Å². The van der Waals surface area contributed by atoms with Crippen LogP contribution in [0.1, 0.15) is 12.5 Å². The van der Waals surface area contributed by atoms with Crippen molar-refractivity contribution in [2.24, 2.45) is 0 Å². The van der Waals surface area contributed by atoms with Gasteiger partial charge < -0.3 is 5.32 Å². The van der Waals surface area contributed by atoms with E-state index in [0.29, 0.717) is 18.7 Å². The summed E-state index contributed by atoms with van der Waals surface area (Å²) < 4.78 is 39.9. The molecule has 2 aromatic rings. The van der Waals surface area contributed by atoms with Crippen molar-refractivity contribution in [2.45, 2.75) is 18.5 Å². The predicted octanol–water partition coefficient (Wildman–Crippen LogP) is 2.11. The quantitative estimate of drug-likeness (QED) is 0.756. The highest BCUT2D eigenvalue weighted by atomic mass is 35.5. The standard InChI is InChI=1S/C12H14ClFN4O2S/c1-2-15-6-8-7-16-17-12(8)21(19,20)18-11-4-3-9(14)5-10(11)13/h3-5,7,15,18H,2,6H2,1H3,(H,16,17). The molecule has 0 atom stereocenters. The van der Waals surface area contributed by atoms with Crippen LogP contribution in [0.3, 0.4) is 0 Å². The topological polar surface area (TPSA) is 86.9 Å². The van der Waals surface area contributed by atoms with Crippen molar-refractivity contribution in [3.63, 3.8) is 0 Å². The fourth-order valence-corrected chi connectivity index (χ4v) is 3.17. The maximum atomic E-state index is 13.0. The number of nitrogens with zero attached hydrogens (tertiary/aromatic N) is 1. The van der Waals surface area contributed by atoms with Crippen LogP contribution < -0.4 is 10.0 Å². The van der Waals surface area contributed by atoms with Gasteiger partial charge >= 0.3 is 0 Å². The van der Waals surface area contributed by atoms with Crippen molar-refractivity contribution < 1.29 is 12.8 Å². The van der Waals surface area contributed by atoms with Gasteiger partial charge in [0.15, 0.2) is 5.03 Å².